The van der Waals surface area contributed by atoms with Crippen molar-refractivity contribution in [2.45, 2.75) is 25.5 Å². The molecule has 2 heterocycles. The summed E-state index contributed by atoms with van der Waals surface area (Å²) in [4.78, 5) is 28.4. The number of thioether (sulfide) groups is 1. The highest BCUT2D eigenvalue weighted by Gasteiger charge is 2.38. The summed E-state index contributed by atoms with van der Waals surface area (Å²) in [6.07, 6.45) is 0.816. The van der Waals surface area contributed by atoms with Gasteiger partial charge < -0.3 is 10.1 Å². The van der Waals surface area contributed by atoms with Crippen molar-refractivity contribution in [3.05, 3.63) is 95.6 Å². The number of ether oxygens (including phenoxy) is 1. The fourth-order valence-electron chi connectivity index (χ4n) is 4.79. The Hall–Kier alpha value is -4.04. The van der Waals surface area contributed by atoms with E-state index >= 15 is 0 Å². The summed E-state index contributed by atoms with van der Waals surface area (Å²) in [6.45, 7) is 4.50. The average Bonchev–Trinajstić information content (AvgIpc) is 3.29. The molecule has 4 aromatic rings. The smallest absolute Gasteiger partial charge is 0.240 e. The van der Waals surface area contributed by atoms with Crippen molar-refractivity contribution in [3.8, 4) is 22.7 Å². The SMILES string of the molecule is CCCNC(=O)CN1C(=O)CS[C@H](c2ccccc2OC)c2c(-c3ccccc3)nn(-c3ccc(C)cc3)c21. The molecule has 1 aliphatic rings. The minimum atomic E-state index is -0.252. The Morgan fingerprint density at radius 3 is 2.49 bits per heavy atom. The van der Waals surface area contributed by atoms with E-state index in [9.17, 15) is 9.59 Å². The molecule has 0 saturated heterocycles. The topological polar surface area (TPSA) is 76.5 Å². The number of hydrogen-bond acceptors (Lipinski definition) is 5. The second-order valence-electron chi connectivity index (χ2n) is 9.46. The molecule has 0 saturated carbocycles. The molecule has 8 heteroatoms. The summed E-state index contributed by atoms with van der Waals surface area (Å²) >= 11 is 1.53. The first-order valence-corrected chi connectivity index (χ1v) is 14.1. The van der Waals surface area contributed by atoms with Crippen LogP contribution in [0.1, 0.15) is 35.3 Å². The molecule has 1 aliphatic heterocycles. The van der Waals surface area contributed by atoms with Crippen LogP contribution in [0.5, 0.6) is 5.75 Å². The van der Waals surface area contributed by atoms with Crippen LogP contribution in [-0.2, 0) is 9.59 Å². The van der Waals surface area contributed by atoms with Crippen LogP contribution in [-0.4, -0.2) is 47.5 Å². The maximum absolute atomic E-state index is 13.8. The lowest BCUT2D eigenvalue weighted by Gasteiger charge is -2.23. The van der Waals surface area contributed by atoms with Gasteiger partial charge in [-0.3, -0.25) is 14.5 Å². The zero-order valence-electron chi connectivity index (χ0n) is 22.4. The number of carbonyl (C=O) groups excluding carboxylic acids is 2. The highest BCUT2D eigenvalue weighted by molar-refractivity contribution is 8.00. The van der Waals surface area contributed by atoms with Gasteiger partial charge in [-0.05, 0) is 31.5 Å². The monoisotopic (exact) mass is 540 g/mol. The van der Waals surface area contributed by atoms with Crippen molar-refractivity contribution in [1.82, 2.24) is 15.1 Å². The molecule has 0 fully saturated rings. The minimum Gasteiger partial charge on any atom is -0.496 e. The van der Waals surface area contributed by atoms with E-state index in [2.05, 4.69) is 5.32 Å². The van der Waals surface area contributed by atoms with E-state index in [-0.39, 0.29) is 29.4 Å². The van der Waals surface area contributed by atoms with Gasteiger partial charge in [0.1, 0.15) is 18.1 Å². The van der Waals surface area contributed by atoms with E-state index in [4.69, 9.17) is 9.84 Å². The second-order valence-corrected chi connectivity index (χ2v) is 10.6. The molecule has 1 aromatic heterocycles. The predicted molar refractivity (Wildman–Crippen MR) is 157 cm³/mol. The fourth-order valence-corrected chi connectivity index (χ4v) is 6.01. The van der Waals surface area contributed by atoms with Crippen molar-refractivity contribution in [1.29, 1.82) is 0 Å². The van der Waals surface area contributed by atoms with Gasteiger partial charge in [0.25, 0.3) is 0 Å². The van der Waals surface area contributed by atoms with E-state index in [0.29, 0.717) is 12.4 Å². The number of methoxy groups -OCH3 is 1. The number of aromatic nitrogens is 2. The lowest BCUT2D eigenvalue weighted by Crippen LogP contribution is -2.42. The van der Waals surface area contributed by atoms with Gasteiger partial charge in [0.2, 0.25) is 11.8 Å². The van der Waals surface area contributed by atoms with Crippen molar-refractivity contribution < 1.29 is 14.3 Å². The molecule has 200 valence electrons. The lowest BCUT2D eigenvalue weighted by molar-refractivity contribution is -0.122. The van der Waals surface area contributed by atoms with Gasteiger partial charge >= 0.3 is 0 Å². The largest absolute Gasteiger partial charge is 0.496 e. The third kappa shape index (κ3) is 5.43. The molecule has 0 bridgehead atoms. The van der Waals surface area contributed by atoms with Crippen molar-refractivity contribution in [2.75, 3.05) is 30.9 Å². The molecule has 0 aliphatic carbocycles. The highest BCUT2D eigenvalue weighted by Crippen LogP contribution is 2.50. The van der Waals surface area contributed by atoms with Gasteiger partial charge in [-0.25, -0.2) is 4.68 Å². The molecule has 1 atom stereocenters. The predicted octanol–water partition coefficient (Wildman–Crippen LogP) is 5.55. The van der Waals surface area contributed by atoms with Gasteiger partial charge in [-0.1, -0.05) is 73.2 Å². The molecule has 7 nitrogen and oxygen atoms in total. The quantitative estimate of drug-likeness (QED) is 0.317. The first kappa shape index (κ1) is 26.6. The third-order valence-electron chi connectivity index (χ3n) is 6.71. The van der Waals surface area contributed by atoms with Crippen LogP contribution >= 0.6 is 11.8 Å². The van der Waals surface area contributed by atoms with Gasteiger partial charge in [0.05, 0.1) is 29.5 Å². The number of benzene rings is 3. The maximum atomic E-state index is 13.8. The molecular formula is C31H32N4O3S. The average molecular weight is 541 g/mol. The fraction of sp³-hybridized carbons (Fsp3) is 0.258. The minimum absolute atomic E-state index is 0.0865. The van der Waals surface area contributed by atoms with Crippen molar-refractivity contribution >= 4 is 29.4 Å². The van der Waals surface area contributed by atoms with Gasteiger partial charge in [0.15, 0.2) is 0 Å². The summed E-state index contributed by atoms with van der Waals surface area (Å²) in [5.74, 6) is 1.22. The summed E-state index contributed by atoms with van der Waals surface area (Å²) in [7, 11) is 1.66. The Morgan fingerprint density at radius 1 is 1.05 bits per heavy atom. The van der Waals surface area contributed by atoms with Crippen molar-refractivity contribution in [2.24, 2.45) is 0 Å². The number of para-hydroxylation sites is 1. The van der Waals surface area contributed by atoms with Crippen LogP contribution in [0.15, 0.2) is 78.9 Å². The van der Waals surface area contributed by atoms with Crippen LogP contribution in [0.2, 0.25) is 0 Å². The number of hydrogen-bond donors (Lipinski definition) is 1. The summed E-state index contributed by atoms with van der Waals surface area (Å²) in [5.41, 5.74) is 5.47. The molecular weight excluding hydrogens is 508 g/mol. The van der Waals surface area contributed by atoms with Gasteiger partial charge in [-0.2, -0.15) is 5.10 Å². The maximum Gasteiger partial charge on any atom is 0.240 e. The van der Waals surface area contributed by atoms with E-state index in [1.54, 1.807) is 12.0 Å². The van der Waals surface area contributed by atoms with Crippen molar-refractivity contribution in [3.63, 3.8) is 0 Å². The number of fused-ring (bicyclic) bond motifs is 1. The molecule has 3 aromatic carbocycles. The zero-order chi connectivity index (χ0) is 27.4. The van der Waals surface area contributed by atoms with Crippen LogP contribution in [0, 0.1) is 6.92 Å². The normalized spacial score (nSPS) is 15.0. The molecule has 2 amide bonds. The molecule has 39 heavy (non-hydrogen) atoms. The van der Waals surface area contributed by atoms with Crippen LogP contribution in [0.4, 0.5) is 5.82 Å². The molecule has 1 N–H and O–H groups in total. The molecule has 0 unspecified atom stereocenters. The number of amides is 2. The van der Waals surface area contributed by atoms with Gasteiger partial charge in [-0.15, -0.1) is 11.8 Å². The Balaban J connectivity index is 1.80. The lowest BCUT2D eigenvalue weighted by atomic mass is 9.99. The van der Waals surface area contributed by atoms with E-state index in [0.717, 1.165) is 45.8 Å². The van der Waals surface area contributed by atoms with Crippen LogP contribution in [0.25, 0.3) is 16.9 Å². The summed E-state index contributed by atoms with van der Waals surface area (Å²) in [6, 6.07) is 25.9. The third-order valence-corrected chi connectivity index (χ3v) is 7.95. The number of nitrogens with zero attached hydrogens (tertiary/aromatic N) is 3. The Morgan fingerprint density at radius 2 is 1.77 bits per heavy atom. The summed E-state index contributed by atoms with van der Waals surface area (Å²) < 4.78 is 7.58. The second kappa shape index (κ2) is 11.8. The number of anilines is 1. The Bertz CT molecular complexity index is 1470. The molecule has 0 spiro atoms. The van der Waals surface area contributed by atoms with Crippen LogP contribution < -0.4 is 15.0 Å². The van der Waals surface area contributed by atoms with E-state index < -0.39 is 0 Å². The highest BCUT2D eigenvalue weighted by atomic mass is 32.2. The Labute approximate surface area is 233 Å². The van der Waals surface area contributed by atoms with E-state index in [1.807, 2.05) is 97.4 Å². The summed E-state index contributed by atoms with van der Waals surface area (Å²) in [5, 5.41) is 7.80. The first-order valence-electron chi connectivity index (χ1n) is 13.1. The zero-order valence-corrected chi connectivity index (χ0v) is 23.2. The first-order chi connectivity index (χ1) is 19.0. The standard InChI is InChI=1S/C31H32N4O3S/c1-4-18-32-26(36)19-34-27(37)20-39-30(24-12-8-9-13-25(24)38-3)28-29(22-10-6-5-7-11-22)33-35(31(28)34)23-16-14-21(2)15-17-23/h5-17,30H,4,18-20H2,1-3H3,(H,32,36)/t30-/m1/s1. The van der Waals surface area contributed by atoms with E-state index in [1.165, 1.54) is 11.8 Å². The Kier molecular flexibility index (Phi) is 8.02. The number of aryl methyl sites for hydroxylation is 1. The molecule has 0 radical (unpaired) electrons. The van der Waals surface area contributed by atoms with Crippen LogP contribution in [0.3, 0.4) is 0 Å². The molecule has 5 rings (SSSR count). The van der Waals surface area contributed by atoms with Gasteiger partial charge in [0, 0.05) is 23.2 Å². The number of nitrogens with one attached hydrogen (secondary N) is 1. The number of carbonyl (C=O) groups is 2. The number of rotatable bonds is 8.